The lowest BCUT2D eigenvalue weighted by molar-refractivity contribution is -0.387. The number of nitro groups is 1. The largest absolute Gasteiger partial charge is 0.497 e. The number of nitro benzene ring substituents is 1. The molecule has 3 heterocycles. The van der Waals surface area contributed by atoms with Gasteiger partial charge in [-0.2, -0.15) is 0 Å². The fourth-order valence-corrected chi connectivity index (χ4v) is 6.60. The van der Waals surface area contributed by atoms with Crippen LogP contribution in [0.15, 0.2) is 84.4 Å². The van der Waals surface area contributed by atoms with Gasteiger partial charge in [-0.15, -0.1) is 0 Å². The number of fused-ring (bicyclic) bond motifs is 1. The minimum Gasteiger partial charge on any atom is -0.497 e. The molecule has 1 aliphatic heterocycles. The van der Waals surface area contributed by atoms with Crippen LogP contribution < -0.4 is 25.2 Å². The number of nitrogens with zero attached hydrogens (tertiary/aromatic N) is 4. The van der Waals surface area contributed by atoms with Gasteiger partial charge in [0.25, 0.3) is 16.8 Å². The predicted molar refractivity (Wildman–Crippen MR) is 160 cm³/mol. The summed E-state index contributed by atoms with van der Waals surface area (Å²) in [5.74, 6) is -0.0355. The fourth-order valence-electron chi connectivity index (χ4n) is 4.63. The van der Waals surface area contributed by atoms with Crippen molar-refractivity contribution < 1.29 is 19.2 Å². The van der Waals surface area contributed by atoms with E-state index in [1.807, 2.05) is 0 Å². The van der Waals surface area contributed by atoms with Gasteiger partial charge in [0, 0.05) is 17.8 Å². The Labute approximate surface area is 252 Å². The summed E-state index contributed by atoms with van der Waals surface area (Å²) in [5, 5.41) is 12.2. The number of nitrogens with one attached hydrogen (secondary N) is 1. The normalized spacial score (nSPS) is 14.7. The van der Waals surface area contributed by atoms with Crippen molar-refractivity contribution in [2.45, 2.75) is 36.9 Å². The van der Waals surface area contributed by atoms with Crippen LogP contribution in [-0.2, 0) is 9.53 Å². The summed E-state index contributed by atoms with van der Waals surface area (Å²) in [7, 11) is 1.53. The lowest BCUT2D eigenvalue weighted by Crippen LogP contribution is -2.39. The van der Waals surface area contributed by atoms with Crippen molar-refractivity contribution in [1.82, 2.24) is 14.5 Å². The highest BCUT2D eigenvalue weighted by Gasteiger charge is 2.33. The first-order chi connectivity index (χ1) is 20.6. The lowest BCUT2D eigenvalue weighted by atomic mass is 9.95. The summed E-state index contributed by atoms with van der Waals surface area (Å²) in [6.07, 6.45) is 1.55. The Hall–Kier alpha value is -4.82. The van der Waals surface area contributed by atoms with Crippen LogP contribution in [0.3, 0.4) is 0 Å². The van der Waals surface area contributed by atoms with E-state index in [0.29, 0.717) is 33.1 Å². The molecule has 0 amide bonds. The van der Waals surface area contributed by atoms with Gasteiger partial charge in [0.05, 0.1) is 45.4 Å². The number of esters is 1. The molecule has 220 valence electrons. The molecule has 0 unspecified atom stereocenters. The summed E-state index contributed by atoms with van der Waals surface area (Å²) in [4.78, 5) is 62.2. The monoisotopic (exact) mass is 619 g/mol. The number of aryl methyl sites for hydroxylation is 1. The van der Waals surface area contributed by atoms with Crippen LogP contribution in [0.2, 0.25) is 0 Å². The maximum atomic E-state index is 13.9. The highest BCUT2D eigenvalue weighted by atomic mass is 32.2. The second kappa shape index (κ2) is 12.2. The summed E-state index contributed by atoms with van der Waals surface area (Å²) in [6.45, 7) is 5.19. The molecule has 43 heavy (non-hydrogen) atoms. The third kappa shape index (κ3) is 6.05. The van der Waals surface area contributed by atoms with E-state index in [0.717, 1.165) is 23.1 Å². The smallest absolute Gasteiger partial charge is 0.338 e. The highest BCUT2D eigenvalue weighted by Crippen LogP contribution is 2.34. The second-order valence-corrected chi connectivity index (χ2v) is 11.4. The number of allylic oxidation sites excluding steroid dienone is 1. The number of H-pyrrole nitrogens is 1. The van der Waals surface area contributed by atoms with E-state index in [1.165, 1.54) is 29.9 Å². The summed E-state index contributed by atoms with van der Waals surface area (Å²) < 4.78 is 12.4. The zero-order valence-electron chi connectivity index (χ0n) is 23.4. The van der Waals surface area contributed by atoms with Gasteiger partial charge in [-0.25, -0.2) is 14.8 Å². The minimum atomic E-state index is -0.829. The van der Waals surface area contributed by atoms with Crippen LogP contribution in [0.4, 0.5) is 5.69 Å². The fraction of sp³-hybridized carbons (Fsp3) is 0.207. The Morgan fingerprint density at radius 2 is 2.00 bits per heavy atom. The Morgan fingerprint density at radius 3 is 2.70 bits per heavy atom. The van der Waals surface area contributed by atoms with Crippen molar-refractivity contribution in [2.75, 3.05) is 13.7 Å². The Kier molecular flexibility index (Phi) is 8.41. The first kappa shape index (κ1) is 29.7. The van der Waals surface area contributed by atoms with Crippen LogP contribution in [0, 0.1) is 17.0 Å². The molecule has 0 aliphatic carbocycles. The number of benzene rings is 2. The molecule has 12 nitrogen and oxygen atoms in total. The van der Waals surface area contributed by atoms with Crippen LogP contribution in [-0.4, -0.2) is 39.1 Å². The number of rotatable bonds is 8. The van der Waals surface area contributed by atoms with E-state index in [4.69, 9.17) is 9.47 Å². The molecule has 0 fully saturated rings. The lowest BCUT2D eigenvalue weighted by Gasteiger charge is -2.25. The molecule has 2 aromatic heterocycles. The number of ether oxygens (including phenoxy) is 2. The summed E-state index contributed by atoms with van der Waals surface area (Å²) in [5.41, 5.74) is 1.16. The Balaban J connectivity index is 1.63. The van der Waals surface area contributed by atoms with Gasteiger partial charge < -0.3 is 14.5 Å². The quantitative estimate of drug-likeness (QED) is 0.135. The van der Waals surface area contributed by atoms with Crippen molar-refractivity contribution in [2.24, 2.45) is 4.99 Å². The van der Waals surface area contributed by atoms with Gasteiger partial charge in [0.15, 0.2) is 9.96 Å². The number of methoxy groups -OCH3 is 1. The molecule has 0 bridgehead atoms. The third-order valence-electron chi connectivity index (χ3n) is 6.46. The van der Waals surface area contributed by atoms with Crippen LogP contribution in [0.5, 0.6) is 5.75 Å². The molecular formula is C29H25N5O7S2. The van der Waals surface area contributed by atoms with Gasteiger partial charge in [0.1, 0.15) is 5.75 Å². The maximum absolute atomic E-state index is 13.9. The van der Waals surface area contributed by atoms with Crippen molar-refractivity contribution in [3.63, 3.8) is 0 Å². The number of aromatic nitrogens is 3. The SMILES string of the molecule is CCOC(=O)C1=C(C)N=c2s/c(=C/c3ccc(Sc4nc(C)cc(=O)[nH]4)c([N+](=O)[O-])c3)c(=O)n2[C@@H]1c1cccc(OC)c1. The molecule has 0 saturated carbocycles. The zero-order chi connectivity index (χ0) is 30.8. The first-order valence-corrected chi connectivity index (χ1v) is 14.6. The number of aromatic amines is 1. The minimum absolute atomic E-state index is 0.147. The van der Waals surface area contributed by atoms with Crippen molar-refractivity contribution in [1.29, 1.82) is 0 Å². The molecule has 2 aromatic carbocycles. The van der Waals surface area contributed by atoms with Gasteiger partial charge in [-0.05, 0) is 67.9 Å². The molecule has 1 aliphatic rings. The number of hydrogen-bond donors (Lipinski definition) is 1. The molecule has 1 N–H and O–H groups in total. The van der Waals surface area contributed by atoms with Crippen molar-refractivity contribution >= 4 is 40.8 Å². The molecule has 0 saturated heterocycles. The topological polar surface area (TPSA) is 159 Å². The number of thiazole rings is 1. The summed E-state index contributed by atoms with van der Waals surface area (Å²) in [6, 6.07) is 12.1. The van der Waals surface area contributed by atoms with Gasteiger partial charge in [-0.1, -0.05) is 29.5 Å². The molecular weight excluding hydrogens is 594 g/mol. The first-order valence-electron chi connectivity index (χ1n) is 13.0. The van der Waals surface area contributed by atoms with E-state index >= 15 is 0 Å². The number of carbonyl (C=O) groups is 1. The maximum Gasteiger partial charge on any atom is 0.338 e. The van der Waals surface area contributed by atoms with E-state index in [9.17, 15) is 24.5 Å². The van der Waals surface area contributed by atoms with Gasteiger partial charge >= 0.3 is 5.97 Å². The molecule has 0 radical (unpaired) electrons. The predicted octanol–water partition coefficient (Wildman–Crippen LogP) is 3.26. The van der Waals surface area contributed by atoms with Crippen molar-refractivity contribution in [3.05, 3.63) is 117 Å². The van der Waals surface area contributed by atoms with E-state index < -0.39 is 22.5 Å². The van der Waals surface area contributed by atoms with E-state index in [-0.39, 0.29) is 38.0 Å². The zero-order valence-corrected chi connectivity index (χ0v) is 25.1. The Morgan fingerprint density at radius 1 is 1.21 bits per heavy atom. The van der Waals surface area contributed by atoms with E-state index in [1.54, 1.807) is 57.2 Å². The van der Waals surface area contributed by atoms with Crippen LogP contribution in [0.1, 0.15) is 36.7 Å². The van der Waals surface area contributed by atoms with Crippen LogP contribution >= 0.6 is 23.1 Å². The molecule has 14 heteroatoms. The second-order valence-electron chi connectivity index (χ2n) is 9.36. The third-order valence-corrected chi connectivity index (χ3v) is 8.39. The molecule has 0 spiro atoms. The standard InChI is InChI=1S/C29H25N5O7S2/c1-5-41-27(37)24-16(3)31-29-33(25(24)18-7-6-8-19(14-18)40-4)26(36)22(43-29)13-17-9-10-21(20(12-17)34(38)39)42-28-30-15(2)11-23(35)32-28/h6-14,25H,5H2,1-4H3,(H,30,32,35)/b22-13+/t25-/m1/s1. The molecule has 4 aromatic rings. The van der Waals surface area contributed by atoms with Crippen LogP contribution in [0.25, 0.3) is 6.08 Å². The van der Waals surface area contributed by atoms with Crippen molar-refractivity contribution in [3.8, 4) is 5.75 Å². The number of hydrogen-bond acceptors (Lipinski definition) is 11. The molecule has 5 rings (SSSR count). The summed E-state index contributed by atoms with van der Waals surface area (Å²) >= 11 is 2.07. The average molecular weight is 620 g/mol. The Bertz CT molecular complexity index is 2040. The van der Waals surface area contributed by atoms with E-state index in [2.05, 4.69) is 15.0 Å². The number of carbonyl (C=O) groups excluding carboxylic acids is 1. The highest BCUT2D eigenvalue weighted by molar-refractivity contribution is 7.99. The van der Waals surface area contributed by atoms with Gasteiger partial charge in [-0.3, -0.25) is 24.3 Å². The van der Waals surface area contributed by atoms with Gasteiger partial charge in [0.2, 0.25) is 0 Å². The molecule has 1 atom stereocenters. The average Bonchev–Trinajstić information content (AvgIpc) is 3.26.